The van der Waals surface area contributed by atoms with E-state index in [0.29, 0.717) is 42.6 Å². The normalized spacial score (nSPS) is 14.6. The molecular weight excluding hydrogens is 336 g/mol. The molecule has 0 unspecified atom stereocenters. The lowest BCUT2D eigenvalue weighted by Crippen LogP contribution is -2.50. The first-order valence-electron chi connectivity index (χ1n) is 7.55. The van der Waals surface area contributed by atoms with Gasteiger partial charge in [-0.15, -0.1) is 0 Å². The van der Waals surface area contributed by atoms with Crippen LogP contribution < -0.4 is 10.2 Å². The molecule has 24 heavy (non-hydrogen) atoms. The number of carbonyl (C=O) groups is 1. The maximum Gasteiger partial charge on any atom is 0.322 e. The number of benzene rings is 2. The number of hydrogen-bond donors (Lipinski definition) is 1. The molecule has 3 rings (SSSR count). The smallest absolute Gasteiger partial charge is 0.322 e. The van der Waals surface area contributed by atoms with Gasteiger partial charge in [0.05, 0.1) is 10.7 Å². The minimum Gasteiger partial charge on any atom is -0.368 e. The maximum atomic E-state index is 13.3. The van der Waals surface area contributed by atoms with Crippen LogP contribution in [-0.4, -0.2) is 37.1 Å². The SMILES string of the molecule is O=C(Nc1ccccc1Cl)N1CCN(c2ccc(F)c(F)c2)CC1. The number of anilines is 2. The summed E-state index contributed by atoms with van der Waals surface area (Å²) < 4.78 is 26.3. The van der Waals surface area contributed by atoms with Gasteiger partial charge in [-0.1, -0.05) is 23.7 Å². The summed E-state index contributed by atoms with van der Waals surface area (Å²) in [5.74, 6) is -1.73. The fraction of sp³-hybridized carbons (Fsp3) is 0.235. The van der Waals surface area contributed by atoms with Crippen molar-refractivity contribution in [1.82, 2.24) is 4.90 Å². The van der Waals surface area contributed by atoms with Crippen LogP contribution in [0.1, 0.15) is 0 Å². The fourth-order valence-electron chi connectivity index (χ4n) is 2.61. The van der Waals surface area contributed by atoms with Crippen LogP contribution in [0.5, 0.6) is 0 Å². The molecular formula is C17H16ClF2N3O. The molecule has 1 fully saturated rings. The highest BCUT2D eigenvalue weighted by Crippen LogP contribution is 2.22. The van der Waals surface area contributed by atoms with Crippen molar-refractivity contribution < 1.29 is 13.6 Å². The van der Waals surface area contributed by atoms with E-state index >= 15 is 0 Å². The lowest BCUT2D eigenvalue weighted by molar-refractivity contribution is 0.208. The Kier molecular flexibility index (Phi) is 4.85. The Balaban J connectivity index is 1.59. The highest BCUT2D eigenvalue weighted by Gasteiger charge is 2.22. The number of carbonyl (C=O) groups excluding carboxylic acids is 1. The fourth-order valence-corrected chi connectivity index (χ4v) is 2.79. The van der Waals surface area contributed by atoms with Crippen molar-refractivity contribution in [2.45, 2.75) is 0 Å². The van der Waals surface area contributed by atoms with Gasteiger partial charge in [-0.2, -0.15) is 0 Å². The van der Waals surface area contributed by atoms with Gasteiger partial charge in [-0.05, 0) is 24.3 Å². The van der Waals surface area contributed by atoms with Gasteiger partial charge >= 0.3 is 6.03 Å². The van der Waals surface area contributed by atoms with Crippen molar-refractivity contribution in [2.24, 2.45) is 0 Å². The Bertz CT molecular complexity index is 748. The van der Waals surface area contributed by atoms with Crippen LogP contribution in [0, 0.1) is 11.6 Å². The molecule has 0 spiro atoms. The van der Waals surface area contributed by atoms with Crippen molar-refractivity contribution in [3.05, 3.63) is 59.1 Å². The summed E-state index contributed by atoms with van der Waals surface area (Å²) in [4.78, 5) is 15.9. The number of amides is 2. The van der Waals surface area contributed by atoms with Crippen molar-refractivity contribution >= 4 is 29.0 Å². The summed E-state index contributed by atoms with van der Waals surface area (Å²) >= 11 is 6.03. The van der Waals surface area contributed by atoms with Gasteiger partial charge in [0.2, 0.25) is 0 Å². The van der Waals surface area contributed by atoms with E-state index in [0.717, 1.165) is 6.07 Å². The third-order valence-corrected chi connectivity index (χ3v) is 4.28. The van der Waals surface area contributed by atoms with Crippen molar-refractivity contribution in [1.29, 1.82) is 0 Å². The zero-order chi connectivity index (χ0) is 17.1. The summed E-state index contributed by atoms with van der Waals surface area (Å²) in [5, 5.41) is 3.26. The van der Waals surface area contributed by atoms with E-state index in [1.54, 1.807) is 29.2 Å². The van der Waals surface area contributed by atoms with E-state index in [4.69, 9.17) is 11.6 Å². The molecule has 2 aromatic rings. The van der Waals surface area contributed by atoms with E-state index in [1.807, 2.05) is 4.90 Å². The number of piperazine rings is 1. The van der Waals surface area contributed by atoms with E-state index in [1.165, 1.54) is 12.1 Å². The summed E-state index contributed by atoms with van der Waals surface area (Å²) in [6.45, 7) is 2.05. The summed E-state index contributed by atoms with van der Waals surface area (Å²) in [5.41, 5.74) is 1.17. The van der Waals surface area contributed by atoms with Gasteiger partial charge in [0.25, 0.3) is 0 Å². The first kappa shape index (κ1) is 16.5. The second-order valence-corrected chi connectivity index (χ2v) is 5.89. The number of hydrogen-bond acceptors (Lipinski definition) is 2. The molecule has 0 bridgehead atoms. The second-order valence-electron chi connectivity index (χ2n) is 5.48. The monoisotopic (exact) mass is 351 g/mol. The third-order valence-electron chi connectivity index (χ3n) is 3.95. The average Bonchev–Trinajstić information content (AvgIpc) is 2.59. The topological polar surface area (TPSA) is 35.6 Å². The van der Waals surface area contributed by atoms with Crippen LogP contribution >= 0.6 is 11.6 Å². The molecule has 1 heterocycles. The van der Waals surface area contributed by atoms with Gasteiger partial charge in [0.15, 0.2) is 11.6 Å². The van der Waals surface area contributed by atoms with Gasteiger partial charge in [0.1, 0.15) is 0 Å². The Morgan fingerprint density at radius 3 is 2.38 bits per heavy atom. The number of nitrogens with one attached hydrogen (secondary N) is 1. The molecule has 0 aliphatic carbocycles. The molecule has 7 heteroatoms. The van der Waals surface area contributed by atoms with E-state index < -0.39 is 11.6 Å². The molecule has 1 aliphatic rings. The van der Waals surface area contributed by atoms with Crippen LogP contribution in [-0.2, 0) is 0 Å². The third kappa shape index (κ3) is 3.59. The molecule has 4 nitrogen and oxygen atoms in total. The quantitative estimate of drug-likeness (QED) is 0.888. The van der Waals surface area contributed by atoms with E-state index in [9.17, 15) is 13.6 Å². The van der Waals surface area contributed by atoms with Crippen LogP contribution in [0.2, 0.25) is 5.02 Å². The maximum absolute atomic E-state index is 13.3. The molecule has 0 atom stereocenters. The molecule has 2 amide bonds. The average molecular weight is 352 g/mol. The Hall–Kier alpha value is -2.34. The molecule has 1 N–H and O–H groups in total. The predicted molar refractivity (Wildman–Crippen MR) is 90.6 cm³/mol. The number of nitrogens with zero attached hydrogens (tertiary/aromatic N) is 2. The molecule has 0 radical (unpaired) electrons. The molecule has 0 saturated carbocycles. The van der Waals surface area contributed by atoms with Crippen molar-refractivity contribution in [2.75, 3.05) is 36.4 Å². The summed E-state index contributed by atoms with van der Waals surface area (Å²) in [6, 6.07) is 10.6. The highest BCUT2D eigenvalue weighted by atomic mass is 35.5. The summed E-state index contributed by atoms with van der Waals surface area (Å²) in [6.07, 6.45) is 0. The van der Waals surface area contributed by atoms with Crippen LogP contribution in [0.4, 0.5) is 25.0 Å². The summed E-state index contributed by atoms with van der Waals surface area (Å²) in [7, 11) is 0. The van der Waals surface area contributed by atoms with Crippen molar-refractivity contribution in [3.63, 3.8) is 0 Å². The second kappa shape index (κ2) is 7.05. The van der Waals surface area contributed by atoms with Crippen LogP contribution in [0.3, 0.4) is 0 Å². The number of halogens is 3. The zero-order valence-corrected chi connectivity index (χ0v) is 13.6. The Morgan fingerprint density at radius 2 is 1.71 bits per heavy atom. The van der Waals surface area contributed by atoms with Gasteiger partial charge in [0, 0.05) is 37.9 Å². The lowest BCUT2D eigenvalue weighted by atomic mass is 10.2. The molecule has 2 aromatic carbocycles. The van der Waals surface area contributed by atoms with Gasteiger partial charge in [-0.3, -0.25) is 0 Å². The number of rotatable bonds is 2. The van der Waals surface area contributed by atoms with Gasteiger partial charge in [-0.25, -0.2) is 13.6 Å². The van der Waals surface area contributed by atoms with E-state index in [-0.39, 0.29) is 6.03 Å². The molecule has 1 aliphatic heterocycles. The molecule has 126 valence electrons. The Morgan fingerprint density at radius 1 is 1.00 bits per heavy atom. The first-order valence-corrected chi connectivity index (χ1v) is 7.93. The Labute approximate surface area is 143 Å². The predicted octanol–water partition coefficient (Wildman–Crippen LogP) is 3.97. The van der Waals surface area contributed by atoms with Crippen LogP contribution in [0.25, 0.3) is 0 Å². The largest absolute Gasteiger partial charge is 0.368 e. The number of para-hydroxylation sites is 1. The molecule has 1 saturated heterocycles. The lowest BCUT2D eigenvalue weighted by Gasteiger charge is -2.36. The first-order chi connectivity index (χ1) is 11.5. The minimum absolute atomic E-state index is 0.229. The standard InChI is InChI=1S/C17H16ClF2N3O/c18-13-3-1-2-4-16(13)21-17(24)23-9-7-22(8-10-23)12-5-6-14(19)15(20)11-12/h1-6,11H,7-10H2,(H,21,24). The van der Waals surface area contributed by atoms with E-state index in [2.05, 4.69) is 5.32 Å². The minimum atomic E-state index is -0.869. The van der Waals surface area contributed by atoms with Crippen molar-refractivity contribution in [3.8, 4) is 0 Å². The number of urea groups is 1. The van der Waals surface area contributed by atoms with Crippen LogP contribution in [0.15, 0.2) is 42.5 Å². The molecule has 0 aromatic heterocycles. The van der Waals surface area contributed by atoms with Gasteiger partial charge < -0.3 is 15.1 Å². The zero-order valence-electron chi connectivity index (χ0n) is 12.8. The highest BCUT2D eigenvalue weighted by molar-refractivity contribution is 6.33.